The minimum Gasteiger partial charge on any atom is -0.315 e. The molecule has 0 aliphatic heterocycles. The molecule has 7 heteroatoms. The van der Waals surface area contributed by atoms with Crippen molar-refractivity contribution in [1.82, 2.24) is 19.8 Å². The van der Waals surface area contributed by atoms with Crippen molar-refractivity contribution in [2.24, 2.45) is 5.92 Å². The average molecular weight is 300 g/mol. The second-order valence-corrected chi connectivity index (χ2v) is 7.30. The van der Waals surface area contributed by atoms with E-state index in [0.29, 0.717) is 12.5 Å². The summed E-state index contributed by atoms with van der Waals surface area (Å²) in [5.41, 5.74) is 0. The van der Waals surface area contributed by atoms with Crippen LogP contribution >= 0.6 is 0 Å². The second kappa shape index (κ2) is 6.69. The molecule has 1 heterocycles. The molecular formula is C13H24N4O2S. The molecule has 20 heavy (non-hydrogen) atoms. The van der Waals surface area contributed by atoms with Gasteiger partial charge >= 0.3 is 0 Å². The molecule has 1 aromatic heterocycles. The predicted molar refractivity (Wildman–Crippen MR) is 77.9 cm³/mol. The van der Waals surface area contributed by atoms with Crippen LogP contribution in [0.4, 0.5) is 0 Å². The van der Waals surface area contributed by atoms with Crippen LogP contribution in [-0.4, -0.2) is 37.3 Å². The number of hydrogen-bond acceptors (Lipinski definition) is 4. The number of aromatic nitrogens is 2. The third-order valence-electron chi connectivity index (χ3n) is 3.56. The van der Waals surface area contributed by atoms with Gasteiger partial charge in [0, 0.05) is 18.8 Å². The van der Waals surface area contributed by atoms with Crippen molar-refractivity contribution in [3.63, 3.8) is 0 Å². The molecular weight excluding hydrogens is 276 g/mol. The van der Waals surface area contributed by atoms with Gasteiger partial charge in [-0.15, -0.1) is 0 Å². The summed E-state index contributed by atoms with van der Waals surface area (Å²) in [6.07, 6.45) is 5.95. The Labute approximate surface area is 121 Å². The number of rotatable bonds is 8. The Bertz CT molecular complexity index is 520. The molecule has 1 aliphatic rings. The van der Waals surface area contributed by atoms with Gasteiger partial charge in [0.25, 0.3) is 0 Å². The highest BCUT2D eigenvalue weighted by molar-refractivity contribution is 7.89. The molecule has 0 atom stereocenters. The minimum atomic E-state index is -3.41. The van der Waals surface area contributed by atoms with E-state index < -0.39 is 10.0 Å². The fourth-order valence-corrected chi connectivity index (χ4v) is 3.60. The lowest BCUT2D eigenvalue weighted by Gasteiger charge is -2.32. The Morgan fingerprint density at radius 3 is 2.80 bits per heavy atom. The summed E-state index contributed by atoms with van der Waals surface area (Å²) in [6.45, 7) is 6.68. The van der Waals surface area contributed by atoms with Gasteiger partial charge < -0.3 is 5.32 Å². The molecule has 2 rings (SSSR count). The Morgan fingerprint density at radius 1 is 1.40 bits per heavy atom. The highest BCUT2D eigenvalue weighted by Gasteiger charge is 2.30. The van der Waals surface area contributed by atoms with E-state index in [9.17, 15) is 8.42 Å². The van der Waals surface area contributed by atoms with E-state index >= 15 is 0 Å². The SMILES string of the molecule is CCCNCCn1cc(S(=O)(=O)NC2CC(C)C2)cn1. The quantitative estimate of drug-likeness (QED) is 0.701. The number of hydrogen-bond donors (Lipinski definition) is 2. The summed E-state index contributed by atoms with van der Waals surface area (Å²) in [5.74, 6) is 0.620. The van der Waals surface area contributed by atoms with E-state index in [0.717, 1.165) is 32.4 Å². The van der Waals surface area contributed by atoms with Crippen LogP contribution in [-0.2, 0) is 16.6 Å². The van der Waals surface area contributed by atoms with E-state index in [1.807, 2.05) is 0 Å². The van der Waals surface area contributed by atoms with E-state index in [2.05, 4.69) is 29.0 Å². The molecule has 1 aliphatic carbocycles. The molecule has 0 unspecified atom stereocenters. The van der Waals surface area contributed by atoms with E-state index in [-0.39, 0.29) is 10.9 Å². The Hall–Kier alpha value is -0.920. The van der Waals surface area contributed by atoms with Gasteiger partial charge in [0.2, 0.25) is 10.0 Å². The summed E-state index contributed by atoms with van der Waals surface area (Å²) >= 11 is 0. The van der Waals surface area contributed by atoms with Crippen molar-refractivity contribution in [3.05, 3.63) is 12.4 Å². The van der Waals surface area contributed by atoms with E-state index in [4.69, 9.17) is 0 Å². The van der Waals surface area contributed by atoms with Crippen molar-refractivity contribution < 1.29 is 8.42 Å². The zero-order valence-corrected chi connectivity index (χ0v) is 13.0. The zero-order valence-electron chi connectivity index (χ0n) is 12.2. The predicted octanol–water partition coefficient (Wildman–Crippen LogP) is 0.960. The largest absolute Gasteiger partial charge is 0.315 e. The number of sulfonamides is 1. The van der Waals surface area contributed by atoms with Gasteiger partial charge in [-0.1, -0.05) is 13.8 Å². The molecule has 1 fully saturated rings. The Kier molecular flexibility index (Phi) is 5.17. The molecule has 0 amide bonds. The molecule has 1 aromatic rings. The van der Waals surface area contributed by atoms with Crippen molar-refractivity contribution in [2.45, 2.75) is 50.6 Å². The van der Waals surface area contributed by atoms with Gasteiger partial charge in [-0.25, -0.2) is 13.1 Å². The van der Waals surface area contributed by atoms with E-state index in [1.165, 1.54) is 6.20 Å². The first-order chi connectivity index (χ1) is 9.51. The maximum Gasteiger partial charge on any atom is 0.243 e. The monoisotopic (exact) mass is 300 g/mol. The van der Waals surface area contributed by atoms with Gasteiger partial charge in [0.15, 0.2) is 0 Å². The van der Waals surface area contributed by atoms with Gasteiger partial charge in [0.05, 0.1) is 12.7 Å². The third-order valence-corrected chi connectivity index (χ3v) is 5.03. The normalized spacial score (nSPS) is 22.7. The number of nitrogens with one attached hydrogen (secondary N) is 2. The lowest BCUT2D eigenvalue weighted by atomic mass is 9.83. The van der Waals surface area contributed by atoms with Gasteiger partial charge in [0.1, 0.15) is 4.90 Å². The summed E-state index contributed by atoms with van der Waals surface area (Å²) < 4.78 is 28.7. The standard InChI is InChI=1S/C13H24N4O2S/c1-3-4-14-5-6-17-10-13(9-15-17)20(18,19)16-12-7-11(2)8-12/h9-12,14,16H,3-8H2,1-2H3. The maximum absolute atomic E-state index is 12.2. The maximum atomic E-state index is 12.2. The summed E-state index contributed by atoms with van der Waals surface area (Å²) in [7, 11) is -3.41. The summed E-state index contributed by atoms with van der Waals surface area (Å²) in [5, 5.41) is 7.36. The molecule has 1 saturated carbocycles. The fraction of sp³-hybridized carbons (Fsp3) is 0.769. The minimum absolute atomic E-state index is 0.0876. The van der Waals surface area contributed by atoms with Gasteiger partial charge in [-0.05, 0) is 31.7 Å². The zero-order chi connectivity index (χ0) is 14.6. The molecule has 0 aromatic carbocycles. The fourth-order valence-electron chi connectivity index (χ4n) is 2.39. The first-order valence-electron chi connectivity index (χ1n) is 7.26. The van der Waals surface area contributed by atoms with Crippen LogP contribution in [0.5, 0.6) is 0 Å². The highest BCUT2D eigenvalue weighted by Crippen LogP contribution is 2.27. The van der Waals surface area contributed by atoms with Crippen LogP contribution in [0.15, 0.2) is 17.3 Å². The number of nitrogens with zero attached hydrogens (tertiary/aromatic N) is 2. The average Bonchev–Trinajstić information content (AvgIpc) is 2.82. The Morgan fingerprint density at radius 2 is 2.15 bits per heavy atom. The Balaban J connectivity index is 1.87. The molecule has 0 radical (unpaired) electrons. The van der Waals surface area contributed by atoms with Crippen LogP contribution in [0.25, 0.3) is 0 Å². The lowest BCUT2D eigenvalue weighted by Crippen LogP contribution is -2.43. The van der Waals surface area contributed by atoms with Crippen LogP contribution in [0.1, 0.15) is 33.1 Å². The van der Waals surface area contributed by atoms with Crippen LogP contribution in [0.3, 0.4) is 0 Å². The van der Waals surface area contributed by atoms with Crippen LogP contribution < -0.4 is 10.0 Å². The summed E-state index contributed by atoms with van der Waals surface area (Å²) in [4.78, 5) is 0.257. The highest BCUT2D eigenvalue weighted by atomic mass is 32.2. The first-order valence-corrected chi connectivity index (χ1v) is 8.75. The molecule has 114 valence electrons. The van der Waals surface area contributed by atoms with Crippen molar-refractivity contribution in [3.8, 4) is 0 Å². The van der Waals surface area contributed by atoms with Gasteiger partial charge in [-0.2, -0.15) is 5.10 Å². The summed E-state index contributed by atoms with van der Waals surface area (Å²) in [6, 6.07) is 0.0876. The van der Waals surface area contributed by atoms with Crippen LogP contribution in [0, 0.1) is 5.92 Å². The van der Waals surface area contributed by atoms with E-state index in [1.54, 1.807) is 10.9 Å². The lowest BCUT2D eigenvalue weighted by molar-refractivity contribution is 0.270. The first kappa shape index (κ1) is 15.5. The van der Waals surface area contributed by atoms with Crippen molar-refractivity contribution >= 4 is 10.0 Å². The molecule has 2 N–H and O–H groups in total. The molecule has 0 saturated heterocycles. The topological polar surface area (TPSA) is 76.0 Å². The van der Waals surface area contributed by atoms with Gasteiger partial charge in [-0.3, -0.25) is 4.68 Å². The smallest absolute Gasteiger partial charge is 0.243 e. The van der Waals surface area contributed by atoms with Crippen LogP contribution in [0.2, 0.25) is 0 Å². The van der Waals surface area contributed by atoms with Crippen molar-refractivity contribution in [1.29, 1.82) is 0 Å². The second-order valence-electron chi connectivity index (χ2n) is 5.58. The van der Waals surface area contributed by atoms with Crippen molar-refractivity contribution in [2.75, 3.05) is 13.1 Å². The molecule has 0 spiro atoms. The molecule has 0 bridgehead atoms. The molecule has 6 nitrogen and oxygen atoms in total. The third kappa shape index (κ3) is 4.04.